The van der Waals surface area contributed by atoms with Gasteiger partial charge < -0.3 is 9.80 Å². The van der Waals surface area contributed by atoms with Gasteiger partial charge >= 0.3 is 0 Å². The van der Waals surface area contributed by atoms with Crippen LogP contribution in [0.4, 0.5) is 0 Å². The first-order valence-corrected chi connectivity index (χ1v) is 7.83. The Hall–Kier alpha value is -0.870. The van der Waals surface area contributed by atoms with Crippen LogP contribution in [-0.2, 0) is 6.54 Å². The Labute approximate surface area is 121 Å². The Bertz CT molecular complexity index is 537. The van der Waals surface area contributed by atoms with E-state index in [1.807, 2.05) is 12.1 Å². The molecule has 1 amide bonds. The molecule has 1 aromatic rings. The van der Waals surface area contributed by atoms with Gasteiger partial charge in [0.05, 0.1) is 0 Å². The molecule has 2 bridgehead atoms. The number of rotatable bonds is 1. The second-order valence-electron chi connectivity index (χ2n) is 5.94. The first-order chi connectivity index (χ1) is 9.22. The summed E-state index contributed by atoms with van der Waals surface area (Å²) < 4.78 is 1.06. The quantitative estimate of drug-likeness (QED) is 0.793. The highest BCUT2D eigenvalue weighted by Crippen LogP contribution is 2.35. The predicted octanol–water partition coefficient (Wildman–Crippen LogP) is 2.50. The molecule has 0 aliphatic carbocycles. The molecular formula is C15H17BrN2O. The molecule has 19 heavy (non-hydrogen) atoms. The van der Waals surface area contributed by atoms with Crippen LogP contribution in [-0.4, -0.2) is 41.4 Å². The Kier molecular flexibility index (Phi) is 2.71. The maximum Gasteiger partial charge on any atom is 0.254 e. The molecule has 100 valence electrons. The third-order valence-corrected chi connectivity index (χ3v) is 5.41. The number of halogens is 1. The van der Waals surface area contributed by atoms with Crippen LogP contribution in [0.3, 0.4) is 0 Å². The summed E-state index contributed by atoms with van der Waals surface area (Å²) in [7, 11) is 0. The molecule has 0 saturated carbocycles. The molecule has 4 aliphatic rings. The third kappa shape index (κ3) is 1.84. The molecule has 3 fully saturated rings. The predicted molar refractivity (Wildman–Crippen MR) is 77.0 cm³/mol. The first kappa shape index (κ1) is 11.9. The lowest BCUT2D eigenvalue weighted by atomic mass is 9.83. The zero-order valence-electron chi connectivity index (χ0n) is 10.8. The molecule has 3 nitrogen and oxygen atoms in total. The van der Waals surface area contributed by atoms with Crippen LogP contribution in [0.5, 0.6) is 0 Å². The van der Waals surface area contributed by atoms with Crippen LogP contribution >= 0.6 is 15.9 Å². The Morgan fingerprint density at radius 1 is 1.21 bits per heavy atom. The topological polar surface area (TPSA) is 23.6 Å². The van der Waals surface area contributed by atoms with Crippen LogP contribution in [0.2, 0.25) is 0 Å². The van der Waals surface area contributed by atoms with Gasteiger partial charge in [-0.15, -0.1) is 0 Å². The van der Waals surface area contributed by atoms with Crippen molar-refractivity contribution in [3.63, 3.8) is 0 Å². The zero-order valence-corrected chi connectivity index (χ0v) is 12.4. The van der Waals surface area contributed by atoms with Gasteiger partial charge in [0.25, 0.3) is 5.91 Å². The number of piperidine rings is 3. The average molecular weight is 321 g/mol. The largest absolute Gasteiger partial charge is 0.330 e. The Balaban J connectivity index is 1.63. The van der Waals surface area contributed by atoms with Crippen molar-refractivity contribution in [1.29, 1.82) is 0 Å². The van der Waals surface area contributed by atoms with E-state index in [4.69, 9.17) is 0 Å². The van der Waals surface area contributed by atoms with Crippen molar-refractivity contribution >= 4 is 21.8 Å². The van der Waals surface area contributed by atoms with E-state index >= 15 is 0 Å². The van der Waals surface area contributed by atoms with Crippen LogP contribution in [0.25, 0.3) is 0 Å². The van der Waals surface area contributed by atoms with Gasteiger partial charge in [0.2, 0.25) is 0 Å². The number of carbonyl (C=O) groups is 1. The molecule has 0 spiro atoms. The van der Waals surface area contributed by atoms with Crippen molar-refractivity contribution in [3.8, 4) is 0 Å². The summed E-state index contributed by atoms with van der Waals surface area (Å²) in [5, 5.41) is 0. The maximum absolute atomic E-state index is 12.6. The molecule has 0 radical (unpaired) electrons. The minimum Gasteiger partial charge on any atom is -0.330 e. The molecule has 1 atom stereocenters. The normalized spacial score (nSPS) is 32.8. The third-order valence-electron chi connectivity index (χ3n) is 4.92. The lowest BCUT2D eigenvalue weighted by Crippen LogP contribution is -2.57. The lowest BCUT2D eigenvalue weighted by Gasteiger charge is -2.48. The zero-order chi connectivity index (χ0) is 13.0. The molecule has 5 rings (SSSR count). The van der Waals surface area contributed by atoms with Gasteiger partial charge in [0, 0.05) is 29.2 Å². The second-order valence-corrected chi connectivity index (χ2v) is 6.86. The minimum atomic E-state index is 0.237. The molecule has 4 heterocycles. The summed E-state index contributed by atoms with van der Waals surface area (Å²) in [4.78, 5) is 17.2. The molecule has 3 saturated heterocycles. The Morgan fingerprint density at radius 3 is 2.68 bits per heavy atom. The van der Waals surface area contributed by atoms with Crippen LogP contribution in [0.1, 0.15) is 28.8 Å². The standard InChI is InChI=1S/C15H17BrN2O/c16-12-1-2-13-11(7-12)8-18(15(13)19)14-9-17-5-3-10(14)4-6-17/h1-2,7,10,14H,3-6,8-9H2/t14-/m0/s1. The van der Waals surface area contributed by atoms with E-state index in [0.29, 0.717) is 12.0 Å². The number of nitrogens with zero attached hydrogens (tertiary/aromatic N) is 2. The average Bonchev–Trinajstić information content (AvgIpc) is 2.76. The molecular weight excluding hydrogens is 304 g/mol. The van der Waals surface area contributed by atoms with Gasteiger partial charge in [-0.1, -0.05) is 15.9 Å². The smallest absolute Gasteiger partial charge is 0.254 e. The van der Waals surface area contributed by atoms with Gasteiger partial charge in [-0.05, 0) is 55.6 Å². The molecule has 0 N–H and O–H groups in total. The highest BCUT2D eigenvalue weighted by molar-refractivity contribution is 9.10. The van der Waals surface area contributed by atoms with Gasteiger partial charge in [-0.2, -0.15) is 0 Å². The van der Waals surface area contributed by atoms with Crippen LogP contribution in [0, 0.1) is 5.92 Å². The van der Waals surface area contributed by atoms with E-state index < -0.39 is 0 Å². The van der Waals surface area contributed by atoms with Crippen molar-refractivity contribution < 1.29 is 4.79 Å². The first-order valence-electron chi connectivity index (χ1n) is 7.04. The van der Waals surface area contributed by atoms with Gasteiger partial charge in [-0.3, -0.25) is 4.79 Å². The van der Waals surface area contributed by atoms with Crippen molar-refractivity contribution in [2.45, 2.75) is 25.4 Å². The number of carbonyl (C=O) groups excluding carboxylic acids is 1. The summed E-state index contributed by atoms with van der Waals surface area (Å²) in [6.07, 6.45) is 2.52. The van der Waals surface area contributed by atoms with E-state index in [2.05, 4.69) is 31.8 Å². The van der Waals surface area contributed by atoms with E-state index in [9.17, 15) is 4.79 Å². The van der Waals surface area contributed by atoms with E-state index in [1.54, 1.807) is 0 Å². The second kappa shape index (κ2) is 4.32. The van der Waals surface area contributed by atoms with E-state index in [1.165, 1.54) is 31.5 Å². The van der Waals surface area contributed by atoms with Crippen molar-refractivity contribution in [2.75, 3.05) is 19.6 Å². The summed E-state index contributed by atoms with van der Waals surface area (Å²) in [5.74, 6) is 0.952. The lowest BCUT2D eigenvalue weighted by molar-refractivity contribution is 0.00846. The summed E-state index contributed by atoms with van der Waals surface area (Å²) in [6.45, 7) is 4.32. The highest BCUT2D eigenvalue weighted by atomic mass is 79.9. The highest BCUT2D eigenvalue weighted by Gasteiger charge is 2.42. The van der Waals surface area contributed by atoms with Crippen LogP contribution in [0.15, 0.2) is 22.7 Å². The van der Waals surface area contributed by atoms with E-state index in [-0.39, 0.29) is 5.91 Å². The summed E-state index contributed by atoms with van der Waals surface area (Å²) >= 11 is 3.50. The number of hydrogen-bond donors (Lipinski definition) is 0. The summed E-state index contributed by atoms with van der Waals surface area (Å²) in [6, 6.07) is 6.45. The van der Waals surface area contributed by atoms with Gasteiger partial charge in [-0.25, -0.2) is 0 Å². The number of fused-ring (bicyclic) bond motifs is 4. The minimum absolute atomic E-state index is 0.237. The monoisotopic (exact) mass is 320 g/mol. The number of amides is 1. The van der Waals surface area contributed by atoms with Crippen molar-refractivity contribution in [2.24, 2.45) is 5.92 Å². The van der Waals surface area contributed by atoms with Gasteiger partial charge in [0.1, 0.15) is 0 Å². The molecule has 4 aliphatic heterocycles. The fourth-order valence-electron chi connectivity index (χ4n) is 3.87. The Morgan fingerprint density at radius 2 is 2.00 bits per heavy atom. The van der Waals surface area contributed by atoms with Crippen molar-refractivity contribution in [1.82, 2.24) is 9.80 Å². The van der Waals surface area contributed by atoms with Crippen molar-refractivity contribution in [3.05, 3.63) is 33.8 Å². The molecule has 0 unspecified atom stereocenters. The summed E-state index contributed by atoms with van der Waals surface area (Å²) in [5.41, 5.74) is 2.08. The van der Waals surface area contributed by atoms with Gasteiger partial charge in [0.15, 0.2) is 0 Å². The molecule has 0 aromatic heterocycles. The molecule has 1 aromatic carbocycles. The fourth-order valence-corrected chi connectivity index (χ4v) is 4.28. The number of benzene rings is 1. The maximum atomic E-state index is 12.6. The molecule has 4 heteroatoms. The fraction of sp³-hybridized carbons (Fsp3) is 0.533. The number of hydrogen-bond acceptors (Lipinski definition) is 2. The van der Waals surface area contributed by atoms with Crippen LogP contribution < -0.4 is 0 Å². The SMILES string of the molecule is O=C1c2ccc(Br)cc2CN1[C@H]1CN2CCC1CC2. The van der Waals surface area contributed by atoms with E-state index in [0.717, 1.165) is 23.1 Å².